The van der Waals surface area contributed by atoms with Crippen LogP contribution in [0, 0.1) is 5.92 Å². The van der Waals surface area contributed by atoms with E-state index >= 15 is 0 Å². The third-order valence-electron chi connectivity index (χ3n) is 3.26. The molecule has 0 N–H and O–H groups in total. The van der Waals surface area contributed by atoms with Crippen LogP contribution in [0.4, 0.5) is 0 Å². The Bertz CT molecular complexity index is 325. The van der Waals surface area contributed by atoms with Crippen LogP contribution in [-0.4, -0.2) is 37.8 Å². The molecule has 0 bridgehead atoms. The SMILES string of the molecule is CC1C(CBr)CCN1Cc1cn(C)nn1. The summed E-state index contributed by atoms with van der Waals surface area (Å²) in [6, 6.07) is 0.645. The first kappa shape index (κ1) is 11.1. The van der Waals surface area contributed by atoms with Gasteiger partial charge in [0.15, 0.2) is 0 Å². The van der Waals surface area contributed by atoms with Crippen LogP contribution in [0.3, 0.4) is 0 Å². The second-order valence-electron chi connectivity index (χ2n) is 4.30. The first-order chi connectivity index (χ1) is 7.20. The molecule has 1 aromatic heterocycles. The molecule has 0 saturated carbocycles. The number of halogens is 1. The summed E-state index contributed by atoms with van der Waals surface area (Å²) >= 11 is 3.57. The Morgan fingerprint density at radius 2 is 2.40 bits per heavy atom. The van der Waals surface area contributed by atoms with Crippen molar-refractivity contribution in [3.8, 4) is 0 Å². The van der Waals surface area contributed by atoms with Gasteiger partial charge in [-0.15, -0.1) is 5.10 Å². The Kier molecular flexibility index (Phi) is 3.41. The molecule has 2 rings (SSSR count). The molecular formula is C10H17BrN4. The smallest absolute Gasteiger partial charge is 0.0967 e. The van der Waals surface area contributed by atoms with Gasteiger partial charge in [-0.05, 0) is 25.8 Å². The minimum Gasteiger partial charge on any atom is -0.294 e. The molecule has 0 radical (unpaired) electrons. The molecule has 2 unspecified atom stereocenters. The number of aryl methyl sites for hydroxylation is 1. The van der Waals surface area contributed by atoms with E-state index in [1.54, 1.807) is 4.68 Å². The average Bonchev–Trinajstić information content (AvgIpc) is 2.76. The summed E-state index contributed by atoms with van der Waals surface area (Å²) in [5, 5.41) is 9.18. The number of nitrogens with zero attached hydrogens (tertiary/aromatic N) is 4. The third kappa shape index (κ3) is 2.39. The lowest BCUT2D eigenvalue weighted by molar-refractivity contribution is 0.238. The van der Waals surface area contributed by atoms with Gasteiger partial charge in [0, 0.05) is 31.2 Å². The Labute approximate surface area is 98.8 Å². The highest BCUT2D eigenvalue weighted by Gasteiger charge is 2.29. The first-order valence-electron chi connectivity index (χ1n) is 5.36. The maximum Gasteiger partial charge on any atom is 0.0967 e. The Morgan fingerprint density at radius 3 is 2.93 bits per heavy atom. The van der Waals surface area contributed by atoms with Crippen molar-refractivity contribution in [3.63, 3.8) is 0 Å². The Morgan fingerprint density at radius 1 is 1.60 bits per heavy atom. The summed E-state index contributed by atoms with van der Waals surface area (Å²) in [6.45, 7) is 4.40. The summed E-state index contributed by atoms with van der Waals surface area (Å²) in [7, 11) is 1.91. The zero-order chi connectivity index (χ0) is 10.8. The van der Waals surface area contributed by atoms with Crippen molar-refractivity contribution in [2.24, 2.45) is 13.0 Å². The van der Waals surface area contributed by atoms with E-state index in [1.807, 2.05) is 13.2 Å². The molecule has 2 heterocycles. The maximum absolute atomic E-state index is 4.12. The van der Waals surface area contributed by atoms with Gasteiger partial charge < -0.3 is 0 Å². The minimum absolute atomic E-state index is 0.645. The van der Waals surface area contributed by atoms with Crippen molar-refractivity contribution < 1.29 is 0 Å². The molecule has 84 valence electrons. The maximum atomic E-state index is 4.12. The molecule has 0 amide bonds. The molecule has 1 saturated heterocycles. The van der Waals surface area contributed by atoms with E-state index in [-0.39, 0.29) is 0 Å². The molecule has 2 atom stereocenters. The highest BCUT2D eigenvalue weighted by Crippen LogP contribution is 2.26. The van der Waals surface area contributed by atoms with Crippen molar-refractivity contribution in [2.75, 3.05) is 11.9 Å². The lowest BCUT2D eigenvalue weighted by Gasteiger charge is -2.22. The van der Waals surface area contributed by atoms with Gasteiger partial charge in [0.1, 0.15) is 0 Å². The fourth-order valence-electron chi connectivity index (χ4n) is 2.18. The van der Waals surface area contributed by atoms with Gasteiger partial charge in [0.25, 0.3) is 0 Å². The number of alkyl halides is 1. The van der Waals surface area contributed by atoms with E-state index in [9.17, 15) is 0 Å². The minimum atomic E-state index is 0.645. The standard InChI is InChI=1S/C10H17BrN4/c1-8-9(5-11)3-4-15(8)7-10-6-14(2)13-12-10/h6,8-9H,3-5,7H2,1-2H3. The van der Waals surface area contributed by atoms with Crippen LogP contribution >= 0.6 is 15.9 Å². The first-order valence-corrected chi connectivity index (χ1v) is 6.48. The van der Waals surface area contributed by atoms with E-state index in [0.717, 1.165) is 23.5 Å². The van der Waals surface area contributed by atoms with E-state index in [0.29, 0.717) is 6.04 Å². The molecule has 0 aromatic carbocycles. The van der Waals surface area contributed by atoms with Crippen molar-refractivity contribution >= 4 is 15.9 Å². The highest BCUT2D eigenvalue weighted by molar-refractivity contribution is 9.09. The van der Waals surface area contributed by atoms with Crippen molar-refractivity contribution in [3.05, 3.63) is 11.9 Å². The van der Waals surface area contributed by atoms with Crippen LogP contribution < -0.4 is 0 Å². The lowest BCUT2D eigenvalue weighted by Crippen LogP contribution is -2.30. The van der Waals surface area contributed by atoms with Gasteiger partial charge in [-0.25, -0.2) is 0 Å². The molecule has 4 nitrogen and oxygen atoms in total. The van der Waals surface area contributed by atoms with Gasteiger partial charge >= 0.3 is 0 Å². The van der Waals surface area contributed by atoms with Gasteiger partial charge in [-0.2, -0.15) is 0 Å². The summed E-state index contributed by atoms with van der Waals surface area (Å²) in [6.07, 6.45) is 3.28. The molecule has 1 aliphatic heterocycles. The van der Waals surface area contributed by atoms with E-state index in [4.69, 9.17) is 0 Å². The van der Waals surface area contributed by atoms with Gasteiger partial charge in [0.05, 0.1) is 5.69 Å². The quantitative estimate of drug-likeness (QED) is 0.781. The second-order valence-corrected chi connectivity index (χ2v) is 4.95. The Balaban J connectivity index is 1.96. The van der Waals surface area contributed by atoms with E-state index < -0.39 is 0 Å². The van der Waals surface area contributed by atoms with Crippen LogP contribution in [0.25, 0.3) is 0 Å². The second kappa shape index (κ2) is 4.61. The number of hydrogen-bond donors (Lipinski definition) is 0. The summed E-state index contributed by atoms with van der Waals surface area (Å²) in [5.41, 5.74) is 1.07. The number of likely N-dealkylation sites (tertiary alicyclic amines) is 1. The molecule has 1 fully saturated rings. The molecule has 15 heavy (non-hydrogen) atoms. The molecule has 0 aliphatic carbocycles. The molecule has 0 spiro atoms. The molecule has 1 aromatic rings. The fraction of sp³-hybridized carbons (Fsp3) is 0.800. The van der Waals surface area contributed by atoms with Gasteiger partial charge in [-0.3, -0.25) is 9.58 Å². The number of hydrogen-bond acceptors (Lipinski definition) is 3. The molecule has 1 aliphatic rings. The van der Waals surface area contributed by atoms with Crippen LogP contribution in [0.5, 0.6) is 0 Å². The van der Waals surface area contributed by atoms with Gasteiger partial charge in [-0.1, -0.05) is 21.1 Å². The topological polar surface area (TPSA) is 34.0 Å². The van der Waals surface area contributed by atoms with Crippen molar-refractivity contribution in [1.82, 2.24) is 19.9 Å². The van der Waals surface area contributed by atoms with Crippen LogP contribution in [0.15, 0.2) is 6.20 Å². The van der Waals surface area contributed by atoms with Crippen LogP contribution in [0.1, 0.15) is 19.0 Å². The Hall–Kier alpha value is -0.420. The zero-order valence-electron chi connectivity index (χ0n) is 9.23. The summed E-state index contributed by atoms with van der Waals surface area (Å²) in [4.78, 5) is 2.48. The summed E-state index contributed by atoms with van der Waals surface area (Å²) in [5.74, 6) is 0.779. The van der Waals surface area contributed by atoms with E-state index in [1.165, 1.54) is 13.0 Å². The lowest BCUT2D eigenvalue weighted by atomic mass is 10.1. The highest BCUT2D eigenvalue weighted by atomic mass is 79.9. The predicted molar refractivity (Wildman–Crippen MR) is 62.8 cm³/mol. The van der Waals surface area contributed by atoms with Crippen LogP contribution in [-0.2, 0) is 13.6 Å². The van der Waals surface area contributed by atoms with Crippen molar-refractivity contribution in [1.29, 1.82) is 0 Å². The average molecular weight is 273 g/mol. The number of aromatic nitrogens is 3. The monoisotopic (exact) mass is 272 g/mol. The summed E-state index contributed by atoms with van der Waals surface area (Å²) < 4.78 is 1.76. The van der Waals surface area contributed by atoms with Crippen LogP contribution in [0.2, 0.25) is 0 Å². The van der Waals surface area contributed by atoms with Crippen molar-refractivity contribution in [2.45, 2.75) is 25.9 Å². The molecular weight excluding hydrogens is 256 g/mol. The predicted octanol–water partition coefficient (Wildman–Crippen LogP) is 1.42. The number of rotatable bonds is 3. The fourth-order valence-corrected chi connectivity index (χ4v) is 3.04. The third-order valence-corrected chi connectivity index (χ3v) is 4.09. The normalized spacial score (nSPS) is 27.4. The van der Waals surface area contributed by atoms with E-state index in [2.05, 4.69) is 38.1 Å². The largest absolute Gasteiger partial charge is 0.294 e. The molecule has 5 heteroatoms. The zero-order valence-corrected chi connectivity index (χ0v) is 10.8. The van der Waals surface area contributed by atoms with Gasteiger partial charge in [0.2, 0.25) is 0 Å².